The van der Waals surface area contributed by atoms with Gasteiger partial charge in [-0.1, -0.05) is 0 Å². The summed E-state index contributed by atoms with van der Waals surface area (Å²) in [5, 5.41) is 12.7. The average molecular weight is 158 g/mol. The molecule has 0 aromatic rings. The predicted octanol–water partition coefficient (Wildman–Crippen LogP) is -0.339. The lowest BCUT2D eigenvalue weighted by molar-refractivity contribution is 0.0228. The highest BCUT2D eigenvalue weighted by molar-refractivity contribution is 4.85. The Balaban J connectivity index is 2.24. The lowest BCUT2D eigenvalue weighted by atomic mass is 10.1. The number of hydrogen-bond donors (Lipinski definition) is 2. The zero-order valence-electron chi connectivity index (χ0n) is 7.59. The van der Waals surface area contributed by atoms with Crippen LogP contribution in [0, 0.1) is 0 Å². The zero-order chi connectivity index (χ0) is 8.48. The summed E-state index contributed by atoms with van der Waals surface area (Å²) >= 11 is 0. The molecule has 3 nitrogen and oxygen atoms in total. The number of nitrogens with zero attached hydrogens (tertiary/aromatic N) is 1. The molecule has 1 fully saturated rings. The Kier molecular flexibility index (Phi) is 2.52. The van der Waals surface area contributed by atoms with Gasteiger partial charge in [0, 0.05) is 25.7 Å². The van der Waals surface area contributed by atoms with Gasteiger partial charge in [-0.3, -0.25) is 4.90 Å². The quantitative estimate of drug-likeness (QED) is 0.590. The number of aliphatic hydroxyl groups is 1. The van der Waals surface area contributed by atoms with Crippen molar-refractivity contribution in [2.75, 3.05) is 26.7 Å². The Bertz CT molecular complexity index is 127. The molecule has 3 heteroatoms. The van der Waals surface area contributed by atoms with Crippen molar-refractivity contribution in [2.45, 2.75) is 25.5 Å². The molecule has 0 spiro atoms. The van der Waals surface area contributed by atoms with Gasteiger partial charge in [-0.15, -0.1) is 0 Å². The molecule has 1 rings (SSSR count). The van der Waals surface area contributed by atoms with Crippen LogP contribution in [0.3, 0.4) is 0 Å². The minimum Gasteiger partial charge on any atom is -0.389 e. The molecule has 1 aliphatic heterocycles. The highest BCUT2D eigenvalue weighted by Crippen LogP contribution is 2.08. The van der Waals surface area contributed by atoms with E-state index in [4.69, 9.17) is 0 Å². The molecule has 1 heterocycles. The fraction of sp³-hybridized carbons (Fsp3) is 1.00. The van der Waals surface area contributed by atoms with Crippen molar-refractivity contribution in [3.8, 4) is 0 Å². The van der Waals surface area contributed by atoms with Crippen molar-refractivity contribution >= 4 is 0 Å². The van der Waals surface area contributed by atoms with Gasteiger partial charge in [0.15, 0.2) is 0 Å². The van der Waals surface area contributed by atoms with Crippen LogP contribution in [0.5, 0.6) is 0 Å². The van der Waals surface area contributed by atoms with Gasteiger partial charge >= 0.3 is 0 Å². The summed E-state index contributed by atoms with van der Waals surface area (Å²) in [5.74, 6) is 0. The summed E-state index contributed by atoms with van der Waals surface area (Å²) in [7, 11) is 2.06. The number of nitrogens with one attached hydrogen (secondary N) is 1. The van der Waals surface area contributed by atoms with E-state index in [1.54, 1.807) is 0 Å². The molecule has 0 aromatic heterocycles. The van der Waals surface area contributed by atoms with E-state index in [2.05, 4.69) is 17.3 Å². The first-order valence-corrected chi connectivity index (χ1v) is 4.12. The van der Waals surface area contributed by atoms with Crippen molar-refractivity contribution in [1.82, 2.24) is 10.2 Å². The lowest BCUT2D eigenvalue weighted by Gasteiger charge is -2.38. The Morgan fingerprint density at radius 3 is 2.36 bits per heavy atom. The minimum atomic E-state index is -0.565. The maximum atomic E-state index is 9.49. The second-order valence-corrected chi connectivity index (χ2v) is 4.04. The number of rotatable bonds is 3. The van der Waals surface area contributed by atoms with Crippen molar-refractivity contribution in [3.05, 3.63) is 0 Å². The molecule has 1 saturated heterocycles. The molecule has 0 bridgehead atoms. The van der Waals surface area contributed by atoms with Crippen LogP contribution in [0.25, 0.3) is 0 Å². The molecule has 11 heavy (non-hydrogen) atoms. The van der Waals surface area contributed by atoms with Crippen LogP contribution >= 0.6 is 0 Å². The highest BCUT2D eigenvalue weighted by Gasteiger charge is 2.25. The molecule has 0 unspecified atom stereocenters. The van der Waals surface area contributed by atoms with E-state index in [0.29, 0.717) is 6.04 Å². The first-order chi connectivity index (χ1) is 4.99. The third-order valence-electron chi connectivity index (χ3n) is 2.02. The second-order valence-electron chi connectivity index (χ2n) is 4.04. The summed E-state index contributed by atoms with van der Waals surface area (Å²) in [5.41, 5.74) is -0.565. The monoisotopic (exact) mass is 158 g/mol. The van der Waals surface area contributed by atoms with E-state index in [9.17, 15) is 5.11 Å². The Hall–Kier alpha value is -0.120. The lowest BCUT2D eigenvalue weighted by Crippen LogP contribution is -2.58. The first kappa shape index (κ1) is 8.97. The van der Waals surface area contributed by atoms with Crippen LogP contribution in [0.4, 0.5) is 0 Å². The smallest absolute Gasteiger partial charge is 0.0718 e. The Labute approximate surface area is 68.4 Å². The standard InChI is InChI=1S/C8H18N2O/c1-8(2,11)6-10(3)7-4-9-5-7/h7,9,11H,4-6H2,1-3H3. The van der Waals surface area contributed by atoms with Gasteiger partial charge in [0.2, 0.25) is 0 Å². The van der Waals surface area contributed by atoms with Crippen LogP contribution in [0.2, 0.25) is 0 Å². The molecule has 66 valence electrons. The molecule has 0 saturated carbocycles. The maximum absolute atomic E-state index is 9.49. The van der Waals surface area contributed by atoms with E-state index in [-0.39, 0.29) is 0 Å². The summed E-state index contributed by atoms with van der Waals surface area (Å²) in [6.45, 7) is 6.56. The minimum absolute atomic E-state index is 0.565. The third kappa shape index (κ3) is 2.77. The van der Waals surface area contributed by atoms with E-state index in [0.717, 1.165) is 19.6 Å². The third-order valence-corrected chi connectivity index (χ3v) is 2.02. The van der Waals surface area contributed by atoms with Crippen LogP contribution in [0.15, 0.2) is 0 Å². The number of hydrogen-bond acceptors (Lipinski definition) is 3. The molecule has 0 atom stereocenters. The summed E-state index contributed by atoms with van der Waals surface area (Å²) < 4.78 is 0. The zero-order valence-corrected chi connectivity index (χ0v) is 7.59. The summed E-state index contributed by atoms with van der Waals surface area (Å²) in [6, 6.07) is 0.626. The SMILES string of the molecule is CN(CC(C)(C)O)C1CNC1. The van der Waals surface area contributed by atoms with Crippen molar-refractivity contribution in [2.24, 2.45) is 0 Å². The van der Waals surface area contributed by atoms with E-state index >= 15 is 0 Å². The topological polar surface area (TPSA) is 35.5 Å². The van der Waals surface area contributed by atoms with Gasteiger partial charge < -0.3 is 10.4 Å². The van der Waals surface area contributed by atoms with Crippen molar-refractivity contribution in [3.63, 3.8) is 0 Å². The van der Waals surface area contributed by atoms with Gasteiger partial charge in [-0.25, -0.2) is 0 Å². The molecule has 0 amide bonds. The van der Waals surface area contributed by atoms with E-state index in [1.807, 2.05) is 13.8 Å². The van der Waals surface area contributed by atoms with Gasteiger partial charge in [0.1, 0.15) is 0 Å². The van der Waals surface area contributed by atoms with Crippen LogP contribution in [0.1, 0.15) is 13.8 Å². The van der Waals surface area contributed by atoms with Gasteiger partial charge in [0.25, 0.3) is 0 Å². The first-order valence-electron chi connectivity index (χ1n) is 4.12. The maximum Gasteiger partial charge on any atom is 0.0718 e. The van der Waals surface area contributed by atoms with Crippen molar-refractivity contribution < 1.29 is 5.11 Å². The highest BCUT2D eigenvalue weighted by atomic mass is 16.3. The molecule has 0 aromatic carbocycles. The molecule has 0 radical (unpaired) electrons. The van der Waals surface area contributed by atoms with E-state index < -0.39 is 5.60 Å². The number of likely N-dealkylation sites (N-methyl/N-ethyl adjacent to an activating group) is 1. The van der Waals surface area contributed by atoms with Gasteiger partial charge in [-0.2, -0.15) is 0 Å². The largest absolute Gasteiger partial charge is 0.389 e. The molecular weight excluding hydrogens is 140 g/mol. The predicted molar refractivity (Wildman–Crippen MR) is 45.6 cm³/mol. The molecular formula is C8H18N2O. The fourth-order valence-corrected chi connectivity index (χ4v) is 1.32. The van der Waals surface area contributed by atoms with Gasteiger partial charge in [0.05, 0.1) is 5.60 Å². The summed E-state index contributed by atoms with van der Waals surface area (Å²) in [4.78, 5) is 2.20. The van der Waals surface area contributed by atoms with E-state index in [1.165, 1.54) is 0 Å². The average Bonchev–Trinajstić information content (AvgIpc) is 1.50. The van der Waals surface area contributed by atoms with Crippen LogP contribution in [-0.4, -0.2) is 48.3 Å². The van der Waals surface area contributed by atoms with Gasteiger partial charge in [-0.05, 0) is 20.9 Å². The molecule has 1 aliphatic rings. The Morgan fingerprint density at radius 2 is 2.09 bits per heavy atom. The molecule has 0 aliphatic carbocycles. The Morgan fingerprint density at radius 1 is 1.55 bits per heavy atom. The molecule has 2 N–H and O–H groups in total. The fourth-order valence-electron chi connectivity index (χ4n) is 1.32. The van der Waals surface area contributed by atoms with Crippen LogP contribution < -0.4 is 5.32 Å². The second kappa shape index (κ2) is 3.09. The summed E-state index contributed by atoms with van der Waals surface area (Å²) in [6.07, 6.45) is 0. The normalized spacial score (nSPS) is 20.5. The van der Waals surface area contributed by atoms with Crippen LogP contribution in [-0.2, 0) is 0 Å². The van der Waals surface area contributed by atoms with Crippen molar-refractivity contribution in [1.29, 1.82) is 0 Å².